The summed E-state index contributed by atoms with van der Waals surface area (Å²) in [5.41, 5.74) is 3.28. The summed E-state index contributed by atoms with van der Waals surface area (Å²) >= 11 is 0. The third kappa shape index (κ3) is 2.59. The van der Waals surface area contributed by atoms with E-state index in [9.17, 15) is 0 Å². The lowest BCUT2D eigenvalue weighted by Gasteiger charge is -2.18. The SMILES string of the molecule is CCCn1nccc1C(NCC)c1coc2ccccc12. The molecule has 0 spiro atoms. The fourth-order valence-corrected chi connectivity index (χ4v) is 2.79. The quantitative estimate of drug-likeness (QED) is 0.749. The van der Waals surface area contributed by atoms with Gasteiger partial charge in [0.25, 0.3) is 0 Å². The molecule has 2 aromatic heterocycles. The number of fused-ring (bicyclic) bond motifs is 1. The van der Waals surface area contributed by atoms with E-state index >= 15 is 0 Å². The Morgan fingerprint density at radius 3 is 2.90 bits per heavy atom. The monoisotopic (exact) mass is 283 g/mol. The summed E-state index contributed by atoms with van der Waals surface area (Å²) in [5, 5.41) is 9.16. The Hall–Kier alpha value is -2.07. The zero-order valence-electron chi connectivity index (χ0n) is 12.5. The second kappa shape index (κ2) is 6.14. The van der Waals surface area contributed by atoms with Crippen molar-refractivity contribution in [2.75, 3.05) is 6.54 Å². The first kappa shape index (κ1) is 13.9. The van der Waals surface area contributed by atoms with E-state index in [4.69, 9.17) is 4.42 Å². The smallest absolute Gasteiger partial charge is 0.134 e. The Kier molecular flexibility index (Phi) is 4.06. The molecular formula is C17H21N3O. The molecule has 0 saturated heterocycles. The van der Waals surface area contributed by atoms with Crippen LogP contribution in [0.3, 0.4) is 0 Å². The molecule has 0 aliphatic heterocycles. The highest BCUT2D eigenvalue weighted by Crippen LogP contribution is 2.30. The summed E-state index contributed by atoms with van der Waals surface area (Å²) in [7, 11) is 0. The minimum absolute atomic E-state index is 0.104. The molecule has 1 aromatic carbocycles. The number of hydrogen-bond acceptors (Lipinski definition) is 3. The normalized spacial score (nSPS) is 12.9. The molecule has 1 atom stereocenters. The fourth-order valence-electron chi connectivity index (χ4n) is 2.79. The van der Waals surface area contributed by atoms with E-state index in [0.717, 1.165) is 30.5 Å². The predicted molar refractivity (Wildman–Crippen MR) is 84.3 cm³/mol. The van der Waals surface area contributed by atoms with Gasteiger partial charge < -0.3 is 9.73 Å². The van der Waals surface area contributed by atoms with Crippen molar-refractivity contribution in [2.24, 2.45) is 0 Å². The van der Waals surface area contributed by atoms with Gasteiger partial charge in [-0.05, 0) is 25.1 Å². The van der Waals surface area contributed by atoms with E-state index in [-0.39, 0.29) is 6.04 Å². The highest BCUT2D eigenvalue weighted by atomic mass is 16.3. The Morgan fingerprint density at radius 1 is 1.24 bits per heavy atom. The molecule has 0 aliphatic carbocycles. The van der Waals surface area contributed by atoms with Crippen LogP contribution < -0.4 is 5.32 Å². The molecule has 3 aromatic rings. The largest absolute Gasteiger partial charge is 0.464 e. The van der Waals surface area contributed by atoms with Crippen molar-refractivity contribution in [2.45, 2.75) is 32.9 Å². The molecule has 3 rings (SSSR count). The van der Waals surface area contributed by atoms with E-state index in [1.54, 1.807) is 0 Å². The van der Waals surface area contributed by atoms with E-state index in [0.29, 0.717) is 0 Å². The van der Waals surface area contributed by atoms with Crippen LogP contribution in [0.2, 0.25) is 0 Å². The topological polar surface area (TPSA) is 43.0 Å². The van der Waals surface area contributed by atoms with Crippen LogP contribution in [0.15, 0.2) is 47.2 Å². The Bertz CT molecular complexity index is 713. The molecule has 21 heavy (non-hydrogen) atoms. The van der Waals surface area contributed by atoms with Crippen molar-refractivity contribution in [3.63, 3.8) is 0 Å². The maximum absolute atomic E-state index is 5.70. The molecule has 110 valence electrons. The molecular weight excluding hydrogens is 262 g/mol. The van der Waals surface area contributed by atoms with Gasteiger partial charge in [0.15, 0.2) is 0 Å². The fraction of sp³-hybridized carbons (Fsp3) is 0.353. The maximum atomic E-state index is 5.70. The first-order chi connectivity index (χ1) is 10.3. The molecule has 0 bridgehead atoms. The lowest BCUT2D eigenvalue weighted by Crippen LogP contribution is -2.24. The average Bonchev–Trinajstić information content (AvgIpc) is 3.12. The van der Waals surface area contributed by atoms with Gasteiger partial charge in [-0.1, -0.05) is 32.0 Å². The van der Waals surface area contributed by atoms with Crippen molar-refractivity contribution in [3.05, 3.63) is 54.0 Å². The summed E-state index contributed by atoms with van der Waals surface area (Å²) in [5.74, 6) is 0. The molecule has 2 heterocycles. The number of aromatic nitrogens is 2. The highest BCUT2D eigenvalue weighted by Gasteiger charge is 2.21. The van der Waals surface area contributed by atoms with E-state index in [2.05, 4.69) is 41.1 Å². The van der Waals surface area contributed by atoms with Crippen LogP contribution in [-0.2, 0) is 6.54 Å². The van der Waals surface area contributed by atoms with Crippen molar-refractivity contribution in [1.82, 2.24) is 15.1 Å². The van der Waals surface area contributed by atoms with Crippen LogP contribution in [0, 0.1) is 0 Å². The molecule has 0 radical (unpaired) electrons. The summed E-state index contributed by atoms with van der Waals surface area (Å²) in [6, 6.07) is 10.4. The zero-order chi connectivity index (χ0) is 14.7. The third-order valence-electron chi connectivity index (χ3n) is 3.71. The molecule has 4 heteroatoms. The van der Waals surface area contributed by atoms with Crippen LogP contribution >= 0.6 is 0 Å². The number of para-hydroxylation sites is 1. The van der Waals surface area contributed by atoms with Gasteiger partial charge in [-0.15, -0.1) is 0 Å². The number of nitrogens with zero attached hydrogens (tertiary/aromatic N) is 2. The maximum Gasteiger partial charge on any atom is 0.134 e. The number of rotatable bonds is 6. The number of hydrogen-bond donors (Lipinski definition) is 1. The van der Waals surface area contributed by atoms with Crippen LogP contribution in [-0.4, -0.2) is 16.3 Å². The van der Waals surface area contributed by atoms with Gasteiger partial charge in [-0.25, -0.2) is 0 Å². The standard InChI is InChI=1S/C17H21N3O/c1-3-11-20-15(9-10-19-20)17(18-4-2)14-12-21-16-8-6-5-7-13(14)16/h5-10,12,17-18H,3-4,11H2,1-2H3. The number of nitrogens with one attached hydrogen (secondary N) is 1. The molecule has 0 fully saturated rings. The second-order valence-electron chi connectivity index (χ2n) is 5.16. The average molecular weight is 283 g/mol. The van der Waals surface area contributed by atoms with E-state index in [1.807, 2.05) is 30.7 Å². The number of furan rings is 1. The number of aryl methyl sites for hydroxylation is 1. The van der Waals surface area contributed by atoms with Gasteiger partial charge in [0, 0.05) is 23.7 Å². The molecule has 0 saturated carbocycles. The Morgan fingerprint density at radius 2 is 2.10 bits per heavy atom. The van der Waals surface area contributed by atoms with Crippen LogP contribution in [0.4, 0.5) is 0 Å². The van der Waals surface area contributed by atoms with E-state index < -0.39 is 0 Å². The third-order valence-corrected chi connectivity index (χ3v) is 3.71. The first-order valence-electron chi connectivity index (χ1n) is 7.56. The van der Waals surface area contributed by atoms with Crippen molar-refractivity contribution in [3.8, 4) is 0 Å². The molecule has 1 N–H and O–H groups in total. The second-order valence-corrected chi connectivity index (χ2v) is 5.16. The summed E-state index contributed by atoms with van der Waals surface area (Å²) in [6.07, 6.45) is 4.80. The Labute approximate surface area is 124 Å². The highest BCUT2D eigenvalue weighted by molar-refractivity contribution is 5.81. The van der Waals surface area contributed by atoms with Crippen molar-refractivity contribution in [1.29, 1.82) is 0 Å². The van der Waals surface area contributed by atoms with Crippen LogP contribution in [0.1, 0.15) is 37.6 Å². The summed E-state index contributed by atoms with van der Waals surface area (Å²) < 4.78 is 7.78. The molecule has 4 nitrogen and oxygen atoms in total. The summed E-state index contributed by atoms with van der Waals surface area (Å²) in [4.78, 5) is 0. The van der Waals surface area contributed by atoms with Gasteiger partial charge >= 0.3 is 0 Å². The van der Waals surface area contributed by atoms with Gasteiger partial charge in [-0.2, -0.15) is 5.10 Å². The van der Waals surface area contributed by atoms with Crippen molar-refractivity contribution >= 4 is 11.0 Å². The van der Waals surface area contributed by atoms with E-state index in [1.165, 1.54) is 11.3 Å². The minimum Gasteiger partial charge on any atom is -0.464 e. The van der Waals surface area contributed by atoms with Crippen LogP contribution in [0.25, 0.3) is 11.0 Å². The molecule has 0 amide bonds. The number of benzene rings is 1. The lowest BCUT2D eigenvalue weighted by molar-refractivity contribution is 0.515. The zero-order valence-corrected chi connectivity index (χ0v) is 12.5. The van der Waals surface area contributed by atoms with Gasteiger partial charge in [0.05, 0.1) is 18.0 Å². The van der Waals surface area contributed by atoms with Gasteiger partial charge in [0.1, 0.15) is 5.58 Å². The molecule has 0 aliphatic rings. The first-order valence-corrected chi connectivity index (χ1v) is 7.56. The van der Waals surface area contributed by atoms with Crippen molar-refractivity contribution < 1.29 is 4.42 Å². The van der Waals surface area contributed by atoms with Crippen LogP contribution in [0.5, 0.6) is 0 Å². The molecule has 1 unspecified atom stereocenters. The summed E-state index contributed by atoms with van der Waals surface area (Å²) in [6.45, 7) is 6.11. The van der Waals surface area contributed by atoms with Gasteiger partial charge in [0.2, 0.25) is 0 Å². The Balaban J connectivity index is 2.07. The van der Waals surface area contributed by atoms with Gasteiger partial charge in [-0.3, -0.25) is 4.68 Å². The predicted octanol–water partition coefficient (Wildman–Crippen LogP) is 3.74. The minimum atomic E-state index is 0.104. The lowest BCUT2D eigenvalue weighted by atomic mass is 10.0.